The zero-order valence-electron chi connectivity index (χ0n) is 13.6. The van der Waals surface area contributed by atoms with Crippen molar-refractivity contribution in [3.63, 3.8) is 0 Å². The fourth-order valence-corrected chi connectivity index (χ4v) is 3.13. The Labute approximate surface area is 132 Å². The van der Waals surface area contributed by atoms with Crippen molar-refractivity contribution < 1.29 is 4.74 Å². The molecular formula is C17H24N4O. The van der Waals surface area contributed by atoms with Crippen molar-refractivity contribution in [2.75, 3.05) is 33.8 Å². The number of likely N-dealkylation sites (N-methyl/N-ethyl adjacent to an activating group) is 1. The topological polar surface area (TPSA) is 33.5 Å². The molecule has 2 aromatic rings. The highest BCUT2D eigenvalue weighted by Crippen LogP contribution is 2.31. The summed E-state index contributed by atoms with van der Waals surface area (Å²) >= 11 is 0. The average Bonchev–Trinajstić information content (AvgIpc) is 2.94. The molecule has 5 nitrogen and oxygen atoms in total. The Morgan fingerprint density at radius 1 is 1.18 bits per heavy atom. The molecule has 0 aliphatic carbocycles. The molecule has 118 valence electrons. The first kappa shape index (κ1) is 15.1. The monoisotopic (exact) mass is 300 g/mol. The lowest BCUT2D eigenvalue weighted by atomic mass is 10.0. The van der Waals surface area contributed by atoms with Gasteiger partial charge in [0.05, 0.1) is 18.8 Å². The van der Waals surface area contributed by atoms with E-state index in [2.05, 4.69) is 40.1 Å². The molecule has 1 atom stereocenters. The lowest BCUT2D eigenvalue weighted by molar-refractivity contribution is 0.0880. The van der Waals surface area contributed by atoms with Crippen molar-refractivity contribution in [1.29, 1.82) is 0 Å². The summed E-state index contributed by atoms with van der Waals surface area (Å²) in [6.07, 6.45) is 2.00. The predicted octanol–water partition coefficient (Wildman–Crippen LogP) is 1.92. The summed E-state index contributed by atoms with van der Waals surface area (Å²) < 4.78 is 7.41. The third kappa shape index (κ3) is 3.15. The number of nitrogens with zero attached hydrogens (tertiary/aromatic N) is 4. The number of hydrogen-bond donors (Lipinski definition) is 0. The van der Waals surface area contributed by atoms with Gasteiger partial charge in [-0.1, -0.05) is 18.2 Å². The van der Waals surface area contributed by atoms with Gasteiger partial charge in [-0.2, -0.15) is 5.10 Å². The molecule has 0 spiro atoms. The van der Waals surface area contributed by atoms with Gasteiger partial charge in [-0.15, -0.1) is 0 Å². The summed E-state index contributed by atoms with van der Waals surface area (Å²) in [7, 11) is 5.90. The second kappa shape index (κ2) is 6.50. The maximum absolute atomic E-state index is 5.54. The number of aromatic nitrogens is 2. The van der Waals surface area contributed by atoms with Crippen LogP contribution in [0.1, 0.15) is 17.3 Å². The zero-order chi connectivity index (χ0) is 15.5. The second-order valence-corrected chi connectivity index (χ2v) is 5.95. The first-order valence-corrected chi connectivity index (χ1v) is 7.71. The molecule has 0 saturated carbocycles. The zero-order valence-corrected chi connectivity index (χ0v) is 13.6. The lowest BCUT2D eigenvalue weighted by Gasteiger charge is -2.39. The first-order chi connectivity index (χ1) is 10.7. The molecule has 1 fully saturated rings. The molecule has 0 amide bonds. The van der Waals surface area contributed by atoms with Gasteiger partial charge in [0, 0.05) is 45.0 Å². The van der Waals surface area contributed by atoms with Crippen LogP contribution in [0.4, 0.5) is 0 Å². The maximum atomic E-state index is 5.54. The Hall–Kier alpha value is -1.85. The molecule has 1 unspecified atom stereocenters. The van der Waals surface area contributed by atoms with Crippen LogP contribution in [-0.4, -0.2) is 53.4 Å². The number of aryl methyl sites for hydroxylation is 1. The number of rotatable bonds is 4. The third-order valence-electron chi connectivity index (χ3n) is 4.38. The van der Waals surface area contributed by atoms with Crippen LogP contribution in [0.2, 0.25) is 0 Å². The fraction of sp³-hybridized carbons (Fsp3) is 0.471. The molecule has 22 heavy (non-hydrogen) atoms. The van der Waals surface area contributed by atoms with Gasteiger partial charge in [-0.3, -0.25) is 14.5 Å². The molecule has 0 bridgehead atoms. The molecule has 1 saturated heterocycles. The third-order valence-corrected chi connectivity index (χ3v) is 4.38. The maximum Gasteiger partial charge on any atom is 0.123 e. The van der Waals surface area contributed by atoms with Crippen LogP contribution in [0.25, 0.3) is 0 Å². The highest BCUT2D eigenvalue weighted by Gasteiger charge is 2.27. The van der Waals surface area contributed by atoms with Gasteiger partial charge in [-0.05, 0) is 19.2 Å². The summed E-state index contributed by atoms with van der Waals surface area (Å²) in [6.45, 7) is 4.02. The molecule has 1 aromatic heterocycles. The van der Waals surface area contributed by atoms with E-state index >= 15 is 0 Å². The van der Waals surface area contributed by atoms with E-state index in [9.17, 15) is 0 Å². The van der Waals surface area contributed by atoms with Crippen LogP contribution in [0.3, 0.4) is 0 Å². The molecular weight excluding hydrogens is 276 g/mol. The summed E-state index contributed by atoms with van der Waals surface area (Å²) in [4.78, 5) is 4.88. The molecule has 1 aliphatic heterocycles. The normalized spacial score (nSPS) is 20.2. The SMILES string of the molecule is COc1ccccc1C1CN(Cc2ccn(C)n2)CCN1C. The van der Waals surface area contributed by atoms with Gasteiger partial charge < -0.3 is 4.74 Å². The second-order valence-electron chi connectivity index (χ2n) is 5.95. The quantitative estimate of drug-likeness (QED) is 0.864. The minimum atomic E-state index is 0.355. The van der Waals surface area contributed by atoms with Crippen LogP contribution < -0.4 is 4.74 Å². The number of para-hydroxylation sites is 1. The van der Waals surface area contributed by atoms with E-state index in [-0.39, 0.29) is 0 Å². The van der Waals surface area contributed by atoms with Crippen molar-refractivity contribution in [3.8, 4) is 5.75 Å². The molecule has 0 N–H and O–H groups in total. The van der Waals surface area contributed by atoms with E-state index in [1.54, 1.807) is 7.11 Å². The Morgan fingerprint density at radius 2 is 2.00 bits per heavy atom. The smallest absolute Gasteiger partial charge is 0.123 e. The van der Waals surface area contributed by atoms with Crippen LogP contribution in [0.5, 0.6) is 5.75 Å². The van der Waals surface area contributed by atoms with Crippen LogP contribution >= 0.6 is 0 Å². The van der Waals surface area contributed by atoms with E-state index in [0.29, 0.717) is 6.04 Å². The molecule has 2 heterocycles. The van der Waals surface area contributed by atoms with Gasteiger partial charge in [0.25, 0.3) is 0 Å². The van der Waals surface area contributed by atoms with Crippen molar-refractivity contribution in [2.24, 2.45) is 7.05 Å². The largest absolute Gasteiger partial charge is 0.496 e. The summed E-state index contributed by atoms with van der Waals surface area (Å²) in [6, 6.07) is 10.8. The Balaban J connectivity index is 1.76. The van der Waals surface area contributed by atoms with Gasteiger partial charge in [-0.25, -0.2) is 0 Å². The van der Waals surface area contributed by atoms with Crippen molar-refractivity contribution in [1.82, 2.24) is 19.6 Å². The highest BCUT2D eigenvalue weighted by molar-refractivity contribution is 5.36. The van der Waals surface area contributed by atoms with Crippen LogP contribution in [-0.2, 0) is 13.6 Å². The number of ether oxygens (including phenoxy) is 1. The standard InChI is InChI=1S/C17H24N4O/c1-19-10-11-21(12-14-8-9-20(2)18-14)13-16(19)15-6-4-5-7-17(15)22-3/h4-9,16H,10-13H2,1-3H3. The number of piperazine rings is 1. The van der Waals surface area contributed by atoms with Gasteiger partial charge in [0.1, 0.15) is 5.75 Å². The van der Waals surface area contributed by atoms with Gasteiger partial charge in [0.2, 0.25) is 0 Å². The minimum absolute atomic E-state index is 0.355. The Kier molecular flexibility index (Phi) is 4.45. The highest BCUT2D eigenvalue weighted by atomic mass is 16.5. The van der Waals surface area contributed by atoms with Crippen molar-refractivity contribution >= 4 is 0 Å². The number of hydrogen-bond acceptors (Lipinski definition) is 4. The van der Waals surface area contributed by atoms with E-state index < -0.39 is 0 Å². The predicted molar refractivity (Wildman–Crippen MR) is 86.9 cm³/mol. The molecule has 3 rings (SSSR count). The van der Waals surface area contributed by atoms with E-state index in [0.717, 1.165) is 37.6 Å². The molecule has 0 radical (unpaired) electrons. The number of methoxy groups -OCH3 is 1. The van der Waals surface area contributed by atoms with E-state index in [1.165, 1.54) is 5.56 Å². The van der Waals surface area contributed by atoms with Gasteiger partial charge >= 0.3 is 0 Å². The molecule has 1 aromatic carbocycles. The van der Waals surface area contributed by atoms with Crippen molar-refractivity contribution in [2.45, 2.75) is 12.6 Å². The molecule has 5 heteroatoms. The summed E-state index contributed by atoms with van der Waals surface area (Å²) in [5, 5.41) is 4.49. The summed E-state index contributed by atoms with van der Waals surface area (Å²) in [5.41, 5.74) is 2.39. The van der Waals surface area contributed by atoms with Crippen LogP contribution in [0.15, 0.2) is 36.5 Å². The Morgan fingerprint density at radius 3 is 2.73 bits per heavy atom. The number of benzene rings is 1. The summed E-state index contributed by atoms with van der Waals surface area (Å²) in [5.74, 6) is 0.971. The van der Waals surface area contributed by atoms with Crippen LogP contribution in [0, 0.1) is 0 Å². The fourth-order valence-electron chi connectivity index (χ4n) is 3.13. The van der Waals surface area contributed by atoms with E-state index in [1.807, 2.05) is 30.1 Å². The molecule has 1 aliphatic rings. The average molecular weight is 300 g/mol. The van der Waals surface area contributed by atoms with Crippen molar-refractivity contribution in [3.05, 3.63) is 47.8 Å². The Bertz CT molecular complexity index is 625. The minimum Gasteiger partial charge on any atom is -0.496 e. The van der Waals surface area contributed by atoms with E-state index in [4.69, 9.17) is 4.74 Å². The first-order valence-electron chi connectivity index (χ1n) is 7.71. The van der Waals surface area contributed by atoms with Gasteiger partial charge in [0.15, 0.2) is 0 Å². The lowest BCUT2D eigenvalue weighted by Crippen LogP contribution is -2.46.